The second-order valence-electron chi connectivity index (χ2n) is 5.38. The van der Waals surface area contributed by atoms with Gasteiger partial charge < -0.3 is 9.88 Å². The predicted molar refractivity (Wildman–Crippen MR) is 92.2 cm³/mol. The van der Waals surface area contributed by atoms with E-state index in [1.54, 1.807) is 0 Å². The first-order valence-electron chi connectivity index (χ1n) is 7.20. The molecule has 0 unspecified atom stereocenters. The van der Waals surface area contributed by atoms with Crippen molar-refractivity contribution in [2.75, 3.05) is 5.32 Å². The summed E-state index contributed by atoms with van der Waals surface area (Å²) in [5.41, 5.74) is 4.60. The van der Waals surface area contributed by atoms with E-state index in [-0.39, 0.29) is 0 Å². The molecule has 112 valence electrons. The Balaban J connectivity index is 1.77. The number of imidazole rings is 1. The van der Waals surface area contributed by atoms with Gasteiger partial charge in [-0.15, -0.1) is 0 Å². The van der Waals surface area contributed by atoms with Crippen LogP contribution in [0.3, 0.4) is 0 Å². The van der Waals surface area contributed by atoms with Crippen molar-refractivity contribution in [2.45, 2.75) is 13.5 Å². The number of anilines is 1. The van der Waals surface area contributed by atoms with Gasteiger partial charge in [0.25, 0.3) is 0 Å². The van der Waals surface area contributed by atoms with Crippen molar-refractivity contribution in [1.29, 1.82) is 0 Å². The van der Waals surface area contributed by atoms with Crippen molar-refractivity contribution in [3.8, 4) is 11.3 Å². The normalized spacial score (nSPS) is 10.7. The maximum Gasteiger partial charge on any atom is 0.203 e. The molecule has 0 saturated heterocycles. The fraction of sp³-hybridized carbons (Fsp3) is 0.167. The number of aromatic nitrogens is 2. The zero-order valence-electron chi connectivity index (χ0n) is 12.7. The van der Waals surface area contributed by atoms with Crippen molar-refractivity contribution < 1.29 is 0 Å². The Kier molecular flexibility index (Phi) is 4.16. The van der Waals surface area contributed by atoms with Gasteiger partial charge in [0, 0.05) is 24.2 Å². The molecule has 0 amide bonds. The molecule has 0 fully saturated rings. The highest BCUT2D eigenvalue weighted by Crippen LogP contribution is 2.24. The number of nitrogens with zero attached hydrogens (tertiary/aromatic N) is 2. The summed E-state index contributed by atoms with van der Waals surface area (Å²) in [5.74, 6) is 0.843. The van der Waals surface area contributed by atoms with Crippen molar-refractivity contribution in [1.82, 2.24) is 9.55 Å². The largest absolute Gasteiger partial charge is 0.352 e. The molecule has 0 radical (unpaired) electrons. The van der Waals surface area contributed by atoms with Gasteiger partial charge in [-0.1, -0.05) is 53.6 Å². The van der Waals surface area contributed by atoms with Crippen molar-refractivity contribution in [3.63, 3.8) is 0 Å². The van der Waals surface area contributed by atoms with Crippen LogP contribution >= 0.6 is 11.6 Å². The fourth-order valence-corrected chi connectivity index (χ4v) is 2.57. The van der Waals surface area contributed by atoms with E-state index in [4.69, 9.17) is 11.6 Å². The molecule has 0 spiro atoms. The molecular formula is C18H18ClN3. The first-order chi connectivity index (χ1) is 10.6. The van der Waals surface area contributed by atoms with Crippen LogP contribution in [-0.2, 0) is 13.6 Å². The highest BCUT2D eigenvalue weighted by Gasteiger charge is 2.08. The molecule has 3 nitrogen and oxygen atoms in total. The molecule has 3 rings (SSSR count). The molecule has 2 aromatic carbocycles. The third kappa shape index (κ3) is 3.15. The second kappa shape index (κ2) is 6.24. The predicted octanol–water partition coefficient (Wildman–Crippen LogP) is 4.66. The Morgan fingerprint density at radius 3 is 2.64 bits per heavy atom. The average Bonchev–Trinajstić information content (AvgIpc) is 2.88. The van der Waals surface area contributed by atoms with E-state index in [0.29, 0.717) is 0 Å². The number of hydrogen-bond donors (Lipinski definition) is 1. The lowest BCUT2D eigenvalue weighted by molar-refractivity contribution is 0.906. The molecular weight excluding hydrogens is 294 g/mol. The molecule has 3 aromatic rings. The highest BCUT2D eigenvalue weighted by atomic mass is 35.5. The number of aryl methyl sites for hydroxylation is 1. The summed E-state index contributed by atoms with van der Waals surface area (Å²) in [7, 11) is 2.00. The first kappa shape index (κ1) is 14.7. The van der Waals surface area contributed by atoms with Gasteiger partial charge in [0.2, 0.25) is 5.95 Å². The number of nitrogens with one attached hydrogen (secondary N) is 1. The third-order valence-corrected chi connectivity index (χ3v) is 3.91. The lowest BCUT2D eigenvalue weighted by atomic mass is 10.1. The van der Waals surface area contributed by atoms with Crippen molar-refractivity contribution in [2.24, 2.45) is 7.05 Å². The second-order valence-corrected chi connectivity index (χ2v) is 5.81. The van der Waals surface area contributed by atoms with Crippen LogP contribution in [0.4, 0.5) is 5.95 Å². The average molecular weight is 312 g/mol. The van der Waals surface area contributed by atoms with Crippen LogP contribution in [0.15, 0.2) is 54.7 Å². The van der Waals surface area contributed by atoms with Crippen LogP contribution in [0.2, 0.25) is 5.02 Å². The smallest absolute Gasteiger partial charge is 0.203 e. The quantitative estimate of drug-likeness (QED) is 0.759. The van der Waals surface area contributed by atoms with Gasteiger partial charge >= 0.3 is 0 Å². The molecule has 0 saturated carbocycles. The fourth-order valence-electron chi connectivity index (χ4n) is 2.38. The lowest BCUT2D eigenvalue weighted by Gasteiger charge is -2.09. The van der Waals surface area contributed by atoms with Crippen molar-refractivity contribution in [3.05, 3.63) is 70.9 Å². The maximum absolute atomic E-state index is 6.06. The van der Waals surface area contributed by atoms with Crippen LogP contribution < -0.4 is 5.32 Å². The third-order valence-electron chi connectivity index (χ3n) is 3.68. The SMILES string of the molecule is Cc1ccc(CNc2ncc(-c3cccc(Cl)c3)n2C)cc1. The Morgan fingerprint density at radius 1 is 1.14 bits per heavy atom. The van der Waals surface area contributed by atoms with E-state index >= 15 is 0 Å². The van der Waals surface area contributed by atoms with Crippen LogP contribution in [0.5, 0.6) is 0 Å². The molecule has 0 bridgehead atoms. The molecule has 4 heteroatoms. The van der Waals surface area contributed by atoms with Crippen LogP contribution in [0.25, 0.3) is 11.3 Å². The molecule has 1 aromatic heterocycles. The number of rotatable bonds is 4. The standard InChI is InChI=1S/C18H18ClN3/c1-13-6-8-14(9-7-13)11-20-18-21-12-17(22(18)2)15-4-3-5-16(19)10-15/h3-10,12H,11H2,1-2H3,(H,20,21). The Hall–Kier alpha value is -2.26. The van der Waals surface area contributed by atoms with E-state index in [1.165, 1.54) is 11.1 Å². The highest BCUT2D eigenvalue weighted by molar-refractivity contribution is 6.30. The number of halogens is 1. The Morgan fingerprint density at radius 2 is 1.91 bits per heavy atom. The van der Waals surface area contributed by atoms with Gasteiger partial charge in [-0.05, 0) is 24.6 Å². The minimum Gasteiger partial charge on any atom is -0.352 e. The molecule has 22 heavy (non-hydrogen) atoms. The van der Waals surface area contributed by atoms with Gasteiger partial charge in [0.05, 0.1) is 11.9 Å². The minimum absolute atomic E-state index is 0.730. The van der Waals surface area contributed by atoms with Gasteiger partial charge in [-0.25, -0.2) is 4.98 Å². The number of hydrogen-bond acceptors (Lipinski definition) is 2. The van der Waals surface area contributed by atoms with Crippen LogP contribution in [0.1, 0.15) is 11.1 Å². The zero-order chi connectivity index (χ0) is 15.5. The lowest BCUT2D eigenvalue weighted by Crippen LogP contribution is -2.05. The summed E-state index contributed by atoms with van der Waals surface area (Å²) in [6.45, 7) is 2.84. The molecule has 0 aliphatic carbocycles. The summed E-state index contributed by atoms with van der Waals surface area (Å²) in [5, 5.41) is 4.10. The summed E-state index contributed by atoms with van der Waals surface area (Å²) >= 11 is 6.06. The van der Waals surface area contributed by atoms with Crippen molar-refractivity contribution >= 4 is 17.5 Å². The molecule has 0 atom stereocenters. The topological polar surface area (TPSA) is 29.9 Å². The minimum atomic E-state index is 0.730. The van der Waals surface area contributed by atoms with Gasteiger partial charge in [0.15, 0.2) is 0 Å². The maximum atomic E-state index is 6.06. The summed E-state index contributed by atoms with van der Waals surface area (Å²) in [6.07, 6.45) is 1.86. The zero-order valence-corrected chi connectivity index (χ0v) is 13.4. The van der Waals surface area contributed by atoms with E-state index in [9.17, 15) is 0 Å². The monoisotopic (exact) mass is 311 g/mol. The summed E-state index contributed by atoms with van der Waals surface area (Å²) in [6, 6.07) is 16.3. The first-order valence-corrected chi connectivity index (χ1v) is 7.58. The van der Waals surface area contributed by atoms with Gasteiger partial charge in [0.1, 0.15) is 0 Å². The molecule has 0 aliphatic rings. The molecule has 0 aliphatic heterocycles. The van der Waals surface area contributed by atoms with Crippen LogP contribution in [-0.4, -0.2) is 9.55 Å². The number of benzene rings is 2. The van der Waals surface area contributed by atoms with E-state index in [0.717, 1.165) is 28.8 Å². The van der Waals surface area contributed by atoms with Crippen LogP contribution in [0, 0.1) is 6.92 Å². The molecule has 1 N–H and O–H groups in total. The van der Waals surface area contributed by atoms with E-state index < -0.39 is 0 Å². The summed E-state index contributed by atoms with van der Waals surface area (Å²) in [4.78, 5) is 4.46. The Labute approximate surface area is 135 Å². The van der Waals surface area contributed by atoms with E-state index in [2.05, 4.69) is 41.5 Å². The van der Waals surface area contributed by atoms with Gasteiger partial charge in [-0.2, -0.15) is 0 Å². The van der Waals surface area contributed by atoms with Gasteiger partial charge in [-0.3, -0.25) is 0 Å². The summed E-state index contributed by atoms with van der Waals surface area (Å²) < 4.78 is 2.04. The Bertz CT molecular complexity index is 775. The van der Waals surface area contributed by atoms with E-state index in [1.807, 2.05) is 42.1 Å². The molecule has 1 heterocycles.